The van der Waals surface area contributed by atoms with Crippen LogP contribution in [0.25, 0.3) is 0 Å². The minimum atomic E-state index is -0.00668. The van der Waals surface area contributed by atoms with E-state index in [2.05, 4.69) is 36.2 Å². The van der Waals surface area contributed by atoms with Crippen LogP contribution in [0.3, 0.4) is 0 Å². The minimum Gasteiger partial charge on any atom is -0.505 e. The summed E-state index contributed by atoms with van der Waals surface area (Å²) in [5.74, 6) is -0.00668. The number of fused-ring (bicyclic) bond motifs is 2. The molecule has 2 nitrogen and oxygen atoms in total. The number of phenolic OH excluding ortho intramolecular Hbond substituents is 1. The SMILES string of the molecule is CN1CCCc2ccccc2Cc2c(cc(Cl)c(O)c2Cl)CC1. The summed E-state index contributed by atoms with van der Waals surface area (Å²) in [5, 5.41) is 10.9. The molecule has 4 heteroatoms. The topological polar surface area (TPSA) is 23.5 Å². The van der Waals surface area contributed by atoms with Crippen LogP contribution < -0.4 is 0 Å². The lowest BCUT2D eigenvalue weighted by Gasteiger charge is -2.18. The van der Waals surface area contributed by atoms with Gasteiger partial charge >= 0.3 is 0 Å². The predicted octanol–water partition coefficient (Wildman–Crippen LogP) is 4.71. The Kier molecular flexibility index (Phi) is 5.15. The van der Waals surface area contributed by atoms with Gasteiger partial charge in [-0.3, -0.25) is 0 Å². The van der Waals surface area contributed by atoms with Crippen LogP contribution in [0.4, 0.5) is 0 Å². The highest BCUT2D eigenvalue weighted by Crippen LogP contribution is 2.38. The fourth-order valence-electron chi connectivity index (χ4n) is 3.24. The van der Waals surface area contributed by atoms with E-state index in [0.29, 0.717) is 10.0 Å². The molecule has 1 N–H and O–H groups in total. The van der Waals surface area contributed by atoms with Crippen LogP contribution in [0, 0.1) is 0 Å². The Morgan fingerprint density at radius 2 is 1.74 bits per heavy atom. The predicted molar refractivity (Wildman–Crippen MR) is 96.9 cm³/mol. The smallest absolute Gasteiger partial charge is 0.153 e. The summed E-state index contributed by atoms with van der Waals surface area (Å²) >= 11 is 12.6. The van der Waals surface area contributed by atoms with Crippen LogP contribution >= 0.6 is 23.2 Å². The first-order valence-corrected chi connectivity index (χ1v) is 8.76. The lowest BCUT2D eigenvalue weighted by Crippen LogP contribution is -2.23. The Morgan fingerprint density at radius 3 is 2.52 bits per heavy atom. The number of hydrogen-bond acceptors (Lipinski definition) is 2. The van der Waals surface area contributed by atoms with Gasteiger partial charge in [-0.05, 0) is 67.6 Å². The zero-order valence-electron chi connectivity index (χ0n) is 13.3. The summed E-state index contributed by atoms with van der Waals surface area (Å²) < 4.78 is 0. The van der Waals surface area contributed by atoms with Crippen molar-refractivity contribution in [3.8, 4) is 5.75 Å². The molecule has 1 heterocycles. The molecule has 0 amide bonds. The van der Waals surface area contributed by atoms with E-state index in [1.165, 1.54) is 11.1 Å². The quantitative estimate of drug-likeness (QED) is 0.744. The van der Waals surface area contributed by atoms with Crippen LogP contribution in [0.5, 0.6) is 5.75 Å². The molecule has 1 aliphatic rings. The number of phenols is 1. The Bertz CT molecular complexity index is 715. The fraction of sp³-hybridized carbons (Fsp3) is 0.368. The zero-order chi connectivity index (χ0) is 16.4. The summed E-state index contributed by atoms with van der Waals surface area (Å²) in [4.78, 5) is 2.34. The van der Waals surface area contributed by atoms with Crippen LogP contribution in [0.2, 0.25) is 10.0 Å². The van der Waals surface area contributed by atoms with Crippen LogP contribution in [0.1, 0.15) is 28.7 Å². The summed E-state index contributed by atoms with van der Waals surface area (Å²) in [5.41, 5.74) is 4.76. The van der Waals surface area contributed by atoms with Crippen molar-refractivity contribution < 1.29 is 5.11 Å². The van der Waals surface area contributed by atoms with Gasteiger partial charge in [0.1, 0.15) is 0 Å². The molecule has 23 heavy (non-hydrogen) atoms. The highest BCUT2D eigenvalue weighted by Gasteiger charge is 2.18. The molecule has 0 bridgehead atoms. The van der Waals surface area contributed by atoms with Gasteiger partial charge in [-0.15, -0.1) is 0 Å². The third-order valence-electron chi connectivity index (χ3n) is 4.62. The van der Waals surface area contributed by atoms with Gasteiger partial charge in [-0.2, -0.15) is 0 Å². The number of rotatable bonds is 0. The molecule has 2 aromatic carbocycles. The first-order valence-electron chi connectivity index (χ1n) is 8.00. The second-order valence-electron chi connectivity index (χ2n) is 6.26. The number of benzene rings is 2. The highest BCUT2D eigenvalue weighted by atomic mass is 35.5. The lowest BCUT2D eigenvalue weighted by atomic mass is 9.93. The summed E-state index contributed by atoms with van der Waals surface area (Å²) in [6.45, 7) is 2.03. The number of aromatic hydroxyl groups is 1. The number of nitrogens with zero attached hydrogens (tertiary/aromatic N) is 1. The molecule has 3 rings (SSSR count). The summed E-state index contributed by atoms with van der Waals surface area (Å²) in [6, 6.07) is 10.4. The second-order valence-corrected chi connectivity index (χ2v) is 7.05. The third-order valence-corrected chi connectivity index (χ3v) is 5.32. The molecule has 0 unspecified atom stereocenters. The average Bonchev–Trinajstić information content (AvgIpc) is 2.57. The third kappa shape index (κ3) is 3.65. The van der Waals surface area contributed by atoms with E-state index < -0.39 is 0 Å². The number of hydrogen-bond donors (Lipinski definition) is 1. The van der Waals surface area contributed by atoms with Crippen molar-refractivity contribution in [3.63, 3.8) is 0 Å². The van der Waals surface area contributed by atoms with Gasteiger partial charge in [-0.1, -0.05) is 47.5 Å². The molecule has 0 fully saturated rings. The Morgan fingerprint density at radius 1 is 1.00 bits per heavy atom. The van der Waals surface area contributed by atoms with Gasteiger partial charge in [-0.25, -0.2) is 0 Å². The number of halogens is 2. The van der Waals surface area contributed by atoms with Crippen molar-refractivity contribution in [1.29, 1.82) is 0 Å². The Labute approximate surface area is 147 Å². The maximum Gasteiger partial charge on any atom is 0.153 e. The zero-order valence-corrected chi connectivity index (χ0v) is 14.8. The Hall–Kier alpha value is -1.22. The molecular formula is C19H21Cl2NO. The monoisotopic (exact) mass is 349 g/mol. The van der Waals surface area contributed by atoms with E-state index in [4.69, 9.17) is 23.2 Å². The second kappa shape index (κ2) is 7.12. The van der Waals surface area contributed by atoms with Crippen LogP contribution in [-0.2, 0) is 19.3 Å². The molecule has 2 aromatic rings. The largest absolute Gasteiger partial charge is 0.505 e. The van der Waals surface area contributed by atoms with Gasteiger partial charge in [0.2, 0.25) is 0 Å². The molecule has 0 spiro atoms. The van der Waals surface area contributed by atoms with Gasteiger partial charge in [0.15, 0.2) is 5.75 Å². The minimum absolute atomic E-state index is 0.00668. The van der Waals surface area contributed by atoms with Crippen molar-refractivity contribution in [2.75, 3.05) is 20.1 Å². The van der Waals surface area contributed by atoms with Crippen molar-refractivity contribution >= 4 is 23.2 Å². The van der Waals surface area contributed by atoms with Gasteiger partial charge in [0.05, 0.1) is 10.0 Å². The Balaban J connectivity index is 2.10. The van der Waals surface area contributed by atoms with E-state index in [1.807, 2.05) is 6.07 Å². The van der Waals surface area contributed by atoms with E-state index in [0.717, 1.165) is 49.9 Å². The van der Waals surface area contributed by atoms with Crippen molar-refractivity contribution in [1.82, 2.24) is 4.90 Å². The number of aryl methyl sites for hydroxylation is 1. The maximum absolute atomic E-state index is 10.1. The molecule has 0 saturated heterocycles. The first-order chi connectivity index (χ1) is 11.1. The van der Waals surface area contributed by atoms with Crippen molar-refractivity contribution in [2.45, 2.75) is 25.7 Å². The van der Waals surface area contributed by atoms with Gasteiger partial charge in [0, 0.05) is 6.54 Å². The van der Waals surface area contributed by atoms with Gasteiger partial charge < -0.3 is 10.0 Å². The van der Waals surface area contributed by atoms with E-state index in [1.54, 1.807) is 0 Å². The molecule has 0 atom stereocenters. The standard InChI is InChI=1S/C19H21Cl2NO/c1-22-9-4-7-13-5-2-3-6-14(13)11-16-15(8-10-22)12-17(20)19(23)18(16)21/h2-3,5-6,12,23H,4,7-11H2,1H3. The molecule has 0 saturated carbocycles. The summed E-state index contributed by atoms with van der Waals surface area (Å²) in [6.07, 6.45) is 3.82. The highest BCUT2D eigenvalue weighted by molar-refractivity contribution is 6.37. The summed E-state index contributed by atoms with van der Waals surface area (Å²) in [7, 11) is 2.15. The lowest BCUT2D eigenvalue weighted by molar-refractivity contribution is 0.333. The van der Waals surface area contributed by atoms with Crippen molar-refractivity contribution in [2.24, 2.45) is 0 Å². The fourth-order valence-corrected chi connectivity index (χ4v) is 3.80. The molecule has 0 radical (unpaired) electrons. The van der Waals surface area contributed by atoms with Crippen LogP contribution in [0.15, 0.2) is 30.3 Å². The molecule has 0 aliphatic carbocycles. The molecule has 0 aromatic heterocycles. The molecular weight excluding hydrogens is 329 g/mol. The maximum atomic E-state index is 10.1. The van der Waals surface area contributed by atoms with Crippen molar-refractivity contribution in [3.05, 3.63) is 62.6 Å². The van der Waals surface area contributed by atoms with Crippen LogP contribution in [-0.4, -0.2) is 30.1 Å². The molecule has 122 valence electrons. The normalized spacial score (nSPS) is 16.3. The van der Waals surface area contributed by atoms with E-state index in [-0.39, 0.29) is 5.75 Å². The molecule has 1 aliphatic heterocycles. The first kappa shape index (κ1) is 16.6. The number of likely N-dealkylation sites (N-methyl/N-ethyl adjacent to an activating group) is 1. The van der Waals surface area contributed by atoms with E-state index in [9.17, 15) is 5.11 Å². The van der Waals surface area contributed by atoms with E-state index >= 15 is 0 Å². The van der Waals surface area contributed by atoms with Gasteiger partial charge in [0.25, 0.3) is 0 Å². The average molecular weight is 350 g/mol.